The van der Waals surface area contributed by atoms with Gasteiger partial charge in [0.25, 0.3) is 0 Å². The van der Waals surface area contributed by atoms with E-state index in [1.807, 2.05) is 12.1 Å². The molecule has 0 bridgehead atoms. The van der Waals surface area contributed by atoms with Gasteiger partial charge >= 0.3 is 0 Å². The average Bonchev–Trinajstić information content (AvgIpc) is 3.18. The SMILES string of the molecule is COC(CNC(=NCc1ccc(S(N)(=O)=O)cc1)NCCc1ccco1)C(C)(C)C.I. The van der Waals surface area contributed by atoms with E-state index in [0.29, 0.717) is 25.6 Å². The Balaban J connectivity index is 0.00000480. The molecule has 0 aliphatic carbocycles. The van der Waals surface area contributed by atoms with Crippen LogP contribution in [0.1, 0.15) is 32.1 Å². The molecule has 4 N–H and O–H groups in total. The third-order valence-corrected chi connectivity index (χ3v) is 5.55. The Morgan fingerprint density at radius 1 is 1.19 bits per heavy atom. The number of sulfonamides is 1. The summed E-state index contributed by atoms with van der Waals surface area (Å²) in [4.78, 5) is 4.70. The molecule has 0 saturated carbocycles. The van der Waals surface area contributed by atoms with E-state index in [-0.39, 0.29) is 40.4 Å². The number of guanidine groups is 1. The molecule has 1 heterocycles. The van der Waals surface area contributed by atoms with Crippen molar-refractivity contribution < 1.29 is 17.6 Å². The van der Waals surface area contributed by atoms with Gasteiger partial charge in [0.2, 0.25) is 10.0 Å². The van der Waals surface area contributed by atoms with Crippen molar-refractivity contribution in [2.45, 2.75) is 44.7 Å². The smallest absolute Gasteiger partial charge is 0.238 e. The topological polar surface area (TPSA) is 119 Å². The van der Waals surface area contributed by atoms with Gasteiger partial charge in [-0.2, -0.15) is 0 Å². The first kappa shape index (κ1) is 27.4. The molecule has 0 aliphatic rings. The second kappa shape index (κ2) is 12.4. The highest BCUT2D eigenvalue weighted by Crippen LogP contribution is 2.21. The molecule has 2 aromatic rings. The Morgan fingerprint density at radius 2 is 1.87 bits per heavy atom. The van der Waals surface area contributed by atoms with Crippen LogP contribution in [0.4, 0.5) is 0 Å². The molecule has 1 aromatic heterocycles. The number of methoxy groups -OCH3 is 1. The van der Waals surface area contributed by atoms with E-state index in [9.17, 15) is 8.42 Å². The zero-order chi connectivity index (χ0) is 22.2. The van der Waals surface area contributed by atoms with E-state index in [1.54, 1.807) is 25.5 Å². The summed E-state index contributed by atoms with van der Waals surface area (Å²) >= 11 is 0. The molecule has 0 fully saturated rings. The van der Waals surface area contributed by atoms with Crippen LogP contribution >= 0.6 is 24.0 Å². The molecule has 174 valence electrons. The largest absolute Gasteiger partial charge is 0.469 e. The Hall–Kier alpha value is -1.63. The second-order valence-corrected chi connectivity index (χ2v) is 9.64. The maximum atomic E-state index is 11.4. The molecule has 8 nitrogen and oxygen atoms in total. The maximum absolute atomic E-state index is 11.4. The molecule has 0 spiro atoms. The lowest BCUT2D eigenvalue weighted by Gasteiger charge is -2.30. The Kier molecular flexibility index (Phi) is 11.0. The minimum Gasteiger partial charge on any atom is -0.469 e. The van der Waals surface area contributed by atoms with Crippen molar-refractivity contribution in [1.82, 2.24) is 10.6 Å². The van der Waals surface area contributed by atoms with Crippen molar-refractivity contribution >= 4 is 40.0 Å². The van der Waals surface area contributed by atoms with Crippen LogP contribution in [-0.2, 0) is 27.7 Å². The van der Waals surface area contributed by atoms with E-state index < -0.39 is 10.0 Å². The Bertz CT molecular complexity index is 908. The number of halogens is 1. The third-order valence-electron chi connectivity index (χ3n) is 4.62. The van der Waals surface area contributed by atoms with Crippen molar-refractivity contribution in [2.24, 2.45) is 15.5 Å². The number of benzene rings is 1. The fraction of sp³-hybridized carbons (Fsp3) is 0.476. The number of aliphatic imine (C=N–C) groups is 1. The summed E-state index contributed by atoms with van der Waals surface area (Å²) < 4.78 is 33.8. The van der Waals surface area contributed by atoms with Crippen LogP contribution in [0.2, 0.25) is 0 Å². The molecule has 1 atom stereocenters. The van der Waals surface area contributed by atoms with Gasteiger partial charge in [0, 0.05) is 26.6 Å². The number of nitrogens with one attached hydrogen (secondary N) is 2. The van der Waals surface area contributed by atoms with Crippen LogP contribution in [0.15, 0.2) is 57.0 Å². The summed E-state index contributed by atoms with van der Waals surface area (Å²) in [5, 5.41) is 11.8. The highest BCUT2D eigenvalue weighted by molar-refractivity contribution is 14.0. The first-order chi connectivity index (χ1) is 14.1. The van der Waals surface area contributed by atoms with Gasteiger partial charge < -0.3 is 19.8 Å². The standard InChI is InChI=1S/C21H32N4O4S.HI/c1-21(2,3)19(28-4)15-25-20(23-12-11-17-6-5-13-29-17)24-14-16-7-9-18(10-8-16)30(22,26)27;/h5-10,13,19H,11-12,14-15H2,1-4H3,(H2,22,26,27)(H2,23,24,25);1H. The molecule has 0 aliphatic heterocycles. The predicted octanol–water partition coefficient (Wildman–Crippen LogP) is 2.88. The number of furan rings is 1. The predicted molar refractivity (Wildman–Crippen MR) is 133 cm³/mol. The second-order valence-electron chi connectivity index (χ2n) is 8.08. The van der Waals surface area contributed by atoms with E-state index in [2.05, 4.69) is 36.4 Å². The fourth-order valence-electron chi connectivity index (χ4n) is 2.82. The van der Waals surface area contributed by atoms with Crippen LogP contribution in [0.25, 0.3) is 0 Å². The number of hydrogen-bond acceptors (Lipinski definition) is 5. The molecule has 1 aromatic carbocycles. The molecule has 0 saturated heterocycles. The number of ether oxygens (including phenoxy) is 1. The average molecular weight is 564 g/mol. The van der Waals surface area contributed by atoms with E-state index in [4.69, 9.17) is 14.3 Å². The summed E-state index contributed by atoms with van der Waals surface area (Å²) in [5.41, 5.74) is 0.846. The minimum atomic E-state index is -3.70. The monoisotopic (exact) mass is 564 g/mol. The minimum absolute atomic E-state index is 0. The number of hydrogen-bond donors (Lipinski definition) is 3. The molecular formula is C21H33IN4O4S. The normalized spacial score (nSPS) is 13.4. The van der Waals surface area contributed by atoms with Crippen molar-refractivity contribution in [2.75, 3.05) is 20.2 Å². The van der Waals surface area contributed by atoms with Crippen molar-refractivity contribution in [3.05, 3.63) is 54.0 Å². The van der Waals surface area contributed by atoms with Crippen LogP contribution < -0.4 is 15.8 Å². The molecular weight excluding hydrogens is 531 g/mol. The van der Waals surface area contributed by atoms with Gasteiger partial charge in [0.05, 0.1) is 23.8 Å². The number of nitrogens with zero attached hydrogens (tertiary/aromatic N) is 1. The van der Waals surface area contributed by atoms with Crippen molar-refractivity contribution in [1.29, 1.82) is 0 Å². The van der Waals surface area contributed by atoms with Crippen LogP contribution in [-0.4, -0.2) is 40.7 Å². The lowest BCUT2D eigenvalue weighted by atomic mass is 9.89. The zero-order valence-electron chi connectivity index (χ0n) is 18.4. The molecule has 0 radical (unpaired) electrons. The molecule has 0 amide bonds. The molecule has 1 unspecified atom stereocenters. The van der Waals surface area contributed by atoms with Gasteiger partial charge in [-0.25, -0.2) is 18.5 Å². The number of primary sulfonamides is 1. The summed E-state index contributed by atoms with van der Waals surface area (Å²) in [7, 11) is -2.00. The van der Waals surface area contributed by atoms with Gasteiger partial charge in [0.15, 0.2) is 5.96 Å². The van der Waals surface area contributed by atoms with Gasteiger partial charge in [-0.05, 0) is 35.2 Å². The summed E-state index contributed by atoms with van der Waals surface area (Å²) in [6.07, 6.45) is 2.38. The van der Waals surface area contributed by atoms with Crippen LogP contribution in [0.3, 0.4) is 0 Å². The zero-order valence-corrected chi connectivity index (χ0v) is 21.6. The van der Waals surface area contributed by atoms with Crippen molar-refractivity contribution in [3.63, 3.8) is 0 Å². The highest BCUT2D eigenvalue weighted by atomic mass is 127. The first-order valence-electron chi connectivity index (χ1n) is 9.78. The first-order valence-corrected chi connectivity index (χ1v) is 11.3. The number of nitrogens with two attached hydrogens (primary N) is 1. The van der Waals surface area contributed by atoms with Crippen LogP contribution in [0.5, 0.6) is 0 Å². The maximum Gasteiger partial charge on any atom is 0.238 e. The number of rotatable bonds is 9. The summed E-state index contributed by atoms with van der Waals surface area (Å²) in [6, 6.07) is 10.2. The molecule has 2 rings (SSSR count). The quantitative estimate of drug-likeness (QED) is 0.245. The van der Waals surface area contributed by atoms with Crippen LogP contribution in [0, 0.1) is 5.41 Å². The lowest BCUT2D eigenvalue weighted by molar-refractivity contribution is 0.0205. The summed E-state index contributed by atoms with van der Waals surface area (Å²) in [6.45, 7) is 7.99. The highest BCUT2D eigenvalue weighted by Gasteiger charge is 2.24. The van der Waals surface area contributed by atoms with E-state index >= 15 is 0 Å². The lowest BCUT2D eigenvalue weighted by Crippen LogP contribution is -2.45. The summed E-state index contributed by atoms with van der Waals surface area (Å²) in [5.74, 6) is 1.54. The Morgan fingerprint density at radius 3 is 2.39 bits per heavy atom. The third kappa shape index (κ3) is 9.58. The van der Waals surface area contributed by atoms with Gasteiger partial charge in [-0.15, -0.1) is 24.0 Å². The molecule has 10 heteroatoms. The van der Waals surface area contributed by atoms with Gasteiger partial charge in [-0.1, -0.05) is 32.9 Å². The fourth-order valence-corrected chi connectivity index (χ4v) is 3.34. The van der Waals surface area contributed by atoms with Gasteiger partial charge in [0.1, 0.15) is 5.76 Å². The Labute approximate surface area is 202 Å². The van der Waals surface area contributed by atoms with E-state index in [0.717, 1.165) is 17.7 Å². The van der Waals surface area contributed by atoms with E-state index in [1.165, 1.54) is 12.1 Å². The molecule has 31 heavy (non-hydrogen) atoms. The van der Waals surface area contributed by atoms with Crippen molar-refractivity contribution in [3.8, 4) is 0 Å². The van der Waals surface area contributed by atoms with Gasteiger partial charge in [-0.3, -0.25) is 0 Å².